The molecule has 0 unspecified atom stereocenters. The van der Waals surface area contributed by atoms with Crippen LogP contribution < -0.4 is 15.8 Å². The summed E-state index contributed by atoms with van der Waals surface area (Å²) in [5, 5.41) is 3.41. The minimum absolute atomic E-state index is 0.137. The summed E-state index contributed by atoms with van der Waals surface area (Å²) < 4.78 is 5.19. The molecule has 1 aliphatic carbocycles. The molecule has 4 nitrogen and oxygen atoms in total. The number of nitrogens with two attached hydrogens (primary N) is 1. The zero-order chi connectivity index (χ0) is 11.9. The highest BCUT2D eigenvalue weighted by Gasteiger charge is 2.44. The summed E-state index contributed by atoms with van der Waals surface area (Å²) in [6.45, 7) is 2.15. The van der Waals surface area contributed by atoms with Crippen LogP contribution in [0.15, 0.2) is 12.3 Å². The van der Waals surface area contributed by atoms with Gasteiger partial charge in [-0.15, -0.1) is 0 Å². The summed E-state index contributed by atoms with van der Waals surface area (Å²) >= 11 is 0. The first-order chi connectivity index (χ1) is 8.25. The highest BCUT2D eigenvalue weighted by atomic mass is 16.5. The molecule has 2 aliphatic rings. The molecule has 1 atom stereocenters. The van der Waals surface area contributed by atoms with E-state index >= 15 is 0 Å². The largest absolute Gasteiger partial charge is 0.481 e. The van der Waals surface area contributed by atoms with Crippen LogP contribution in [-0.2, 0) is 6.42 Å². The fourth-order valence-corrected chi connectivity index (χ4v) is 3.26. The van der Waals surface area contributed by atoms with Crippen molar-refractivity contribution in [3.05, 3.63) is 23.4 Å². The fourth-order valence-electron chi connectivity index (χ4n) is 3.26. The maximum absolute atomic E-state index is 6.44. The van der Waals surface area contributed by atoms with E-state index in [9.17, 15) is 0 Å². The van der Waals surface area contributed by atoms with E-state index in [2.05, 4.69) is 10.3 Å². The van der Waals surface area contributed by atoms with Crippen molar-refractivity contribution < 1.29 is 4.74 Å². The van der Waals surface area contributed by atoms with Crippen LogP contribution in [0.4, 0.5) is 0 Å². The van der Waals surface area contributed by atoms with Crippen LogP contribution in [0, 0.1) is 5.41 Å². The van der Waals surface area contributed by atoms with Gasteiger partial charge in [-0.25, -0.2) is 4.98 Å². The summed E-state index contributed by atoms with van der Waals surface area (Å²) in [6.07, 6.45) is 5.29. The molecule has 0 radical (unpaired) electrons. The lowest BCUT2D eigenvalue weighted by molar-refractivity contribution is 0.174. The Bertz CT molecular complexity index is 427. The topological polar surface area (TPSA) is 60.2 Å². The van der Waals surface area contributed by atoms with Gasteiger partial charge in [0.2, 0.25) is 5.88 Å². The number of nitrogens with zero attached hydrogens (tertiary/aromatic N) is 1. The second-order valence-electron chi connectivity index (χ2n) is 5.19. The number of aromatic nitrogens is 1. The van der Waals surface area contributed by atoms with Crippen LogP contribution in [0.3, 0.4) is 0 Å². The van der Waals surface area contributed by atoms with Crippen molar-refractivity contribution in [1.29, 1.82) is 0 Å². The van der Waals surface area contributed by atoms with Crippen molar-refractivity contribution in [2.24, 2.45) is 11.1 Å². The SMILES string of the molecule is COc1cc2c(cn1)[C@@H](N)C1(CCNCC1)C2. The predicted molar refractivity (Wildman–Crippen MR) is 66.0 cm³/mol. The van der Waals surface area contributed by atoms with Gasteiger partial charge in [-0.3, -0.25) is 0 Å². The third-order valence-electron chi connectivity index (χ3n) is 4.35. The van der Waals surface area contributed by atoms with Crippen molar-refractivity contribution in [2.75, 3.05) is 20.2 Å². The lowest BCUT2D eigenvalue weighted by atomic mass is 9.74. The van der Waals surface area contributed by atoms with E-state index in [1.54, 1.807) is 7.11 Å². The van der Waals surface area contributed by atoms with Crippen LogP contribution in [0.2, 0.25) is 0 Å². The minimum Gasteiger partial charge on any atom is -0.481 e. The zero-order valence-corrected chi connectivity index (χ0v) is 10.2. The Hall–Kier alpha value is -1.13. The molecule has 92 valence electrons. The van der Waals surface area contributed by atoms with Gasteiger partial charge >= 0.3 is 0 Å². The van der Waals surface area contributed by atoms with E-state index in [0.29, 0.717) is 5.88 Å². The molecule has 2 heterocycles. The number of rotatable bonds is 1. The standard InChI is InChI=1S/C13H19N3O/c1-17-11-6-9-7-13(2-4-15-5-3-13)12(14)10(9)8-16-11/h6,8,12,15H,2-5,7,14H2,1H3/t12-/m1/s1. The van der Waals surface area contributed by atoms with Gasteiger partial charge in [0.05, 0.1) is 7.11 Å². The summed E-state index contributed by atoms with van der Waals surface area (Å²) in [5.41, 5.74) is 9.23. The Morgan fingerprint density at radius 1 is 1.47 bits per heavy atom. The van der Waals surface area contributed by atoms with E-state index in [1.807, 2.05) is 12.3 Å². The van der Waals surface area contributed by atoms with E-state index in [-0.39, 0.29) is 11.5 Å². The smallest absolute Gasteiger partial charge is 0.213 e. The average molecular weight is 233 g/mol. The highest BCUT2D eigenvalue weighted by molar-refractivity contribution is 5.39. The van der Waals surface area contributed by atoms with Crippen LogP contribution in [0.25, 0.3) is 0 Å². The van der Waals surface area contributed by atoms with Crippen molar-refractivity contribution in [3.8, 4) is 5.88 Å². The molecule has 0 aromatic carbocycles. The molecule has 1 spiro atoms. The predicted octanol–water partition coefficient (Wildman–Crippen LogP) is 1.02. The van der Waals surface area contributed by atoms with Gasteiger partial charge in [0.25, 0.3) is 0 Å². The Kier molecular flexibility index (Phi) is 2.56. The number of ether oxygens (including phenoxy) is 1. The molecule has 1 aromatic rings. The minimum atomic E-state index is 0.137. The van der Waals surface area contributed by atoms with Gasteiger partial charge in [-0.05, 0) is 48.9 Å². The molecular weight excluding hydrogens is 214 g/mol. The van der Waals surface area contributed by atoms with Gasteiger partial charge < -0.3 is 15.8 Å². The number of pyridine rings is 1. The van der Waals surface area contributed by atoms with Crippen LogP contribution >= 0.6 is 0 Å². The molecule has 4 heteroatoms. The Labute approximate surface area is 102 Å². The monoisotopic (exact) mass is 233 g/mol. The molecule has 1 aromatic heterocycles. The summed E-state index contributed by atoms with van der Waals surface area (Å²) in [5.74, 6) is 0.696. The quantitative estimate of drug-likeness (QED) is 0.760. The molecule has 17 heavy (non-hydrogen) atoms. The van der Waals surface area contributed by atoms with Gasteiger partial charge in [-0.2, -0.15) is 0 Å². The fraction of sp³-hybridized carbons (Fsp3) is 0.615. The van der Waals surface area contributed by atoms with E-state index in [1.165, 1.54) is 11.1 Å². The zero-order valence-electron chi connectivity index (χ0n) is 10.2. The van der Waals surface area contributed by atoms with E-state index in [0.717, 1.165) is 32.4 Å². The molecule has 1 aliphatic heterocycles. The first-order valence-corrected chi connectivity index (χ1v) is 6.24. The van der Waals surface area contributed by atoms with Crippen LogP contribution in [0.5, 0.6) is 5.88 Å². The first kappa shape index (κ1) is 11.0. The lowest BCUT2D eigenvalue weighted by Gasteiger charge is -2.37. The average Bonchev–Trinajstić information content (AvgIpc) is 2.63. The van der Waals surface area contributed by atoms with Gasteiger partial charge in [0, 0.05) is 18.3 Å². The first-order valence-electron chi connectivity index (χ1n) is 6.24. The van der Waals surface area contributed by atoms with Crippen LogP contribution in [0.1, 0.15) is 30.0 Å². The molecule has 3 rings (SSSR count). The van der Waals surface area contributed by atoms with E-state index in [4.69, 9.17) is 10.5 Å². The van der Waals surface area contributed by atoms with Crippen LogP contribution in [-0.4, -0.2) is 25.2 Å². The molecule has 1 fully saturated rings. The summed E-state index contributed by atoms with van der Waals surface area (Å²) in [4.78, 5) is 4.28. The maximum atomic E-state index is 6.44. The summed E-state index contributed by atoms with van der Waals surface area (Å²) in [7, 11) is 1.66. The third-order valence-corrected chi connectivity index (χ3v) is 4.35. The number of nitrogens with one attached hydrogen (secondary N) is 1. The summed E-state index contributed by atoms with van der Waals surface area (Å²) in [6, 6.07) is 2.18. The lowest BCUT2D eigenvalue weighted by Crippen LogP contribution is -2.42. The highest BCUT2D eigenvalue weighted by Crippen LogP contribution is 2.49. The number of fused-ring (bicyclic) bond motifs is 1. The van der Waals surface area contributed by atoms with Gasteiger partial charge in [0.1, 0.15) is 0 Å². The van der Waals surface area contributed by atoms with E-state index < -0.39 is 0 Å². The van der Waals surface area contributed by atoms with Gasteiger partial charge in [0.15, 0.2) is 0 Å². The van der Waals surface area contributed by atoms with Crippen molar-refractivity contribution >= 4 is 0 Å². The Balaban J connectivity index is 1.95. The van der Waals surface area contributed by atoms with Gasteiger partial charge in [-0.1, -0.05) is 0 Å². The molecule has 0 saturated carbocycles. The molecule has 1 saturated heterocycles. The number of methoxy groups -OCH3 is 1. The second kappa shape index (κ2) is 3.96. The molecule has 0 amide bonds. The third kappa shape index (κ3) is 1.63. The molecule has 3 N–H and O–H groups in total. The van der Waals surface area contributed by atoms with Crippen molar-refractivity contribution in [3.63, 3.8) is 0 Å². The number of hydrogen-bond acceptors (Lipinski definition) is 4. The van der Waals surface area contributed by atoms with Crippen molar-refractivity contribution in [1.82, 2.24) is 10.3 Å². The molecular formula is C13H19N3O. The normalized spacial score (nSPS) is 25.9. The number of piperidine rings is 1. The maximum Gasteiger partial charge on any atom is 0.213 e. The Morgan fingerprint density at radius 2 is 2.24 bits per heavy atom. The Morgan fingerprint density at radius 3 is 2.94 bits per heavy atom. The number of hydrogen-bond donors (Lipinski definition) is 2. The second-order valence-corrected chi connectivity index (χ2v) is 5.19. The van der Waals surface area contributed by atoms with Crippen molar-refractivity contribution in [2.45, 2.75) is 25.3 Å². The molecule has 0 bridgehead atoms.